The number of aliphatic hydroxyl groups is 1. The molecule has 0 fully saturated rings. The molecule has 3 rings (SSSR count). The molecule has 188 valence electrons. The van der Waals surface area contributed by atoms with Crippen LogP contribution >= 0.6 is 11.6 Å². The Bertz CT molecular complexity index is 1190. The highest BCUT2D eigenvalue weighted by Gasteiger charge is 2.14. The van der Waals surface area contributed by atoms with Gasteiger partial charge in [-0.2, -0.15) is 0 Å². The second-order valence-corrected chi connectivity index (χ2v) is 8.67. The van der Waals surface area contributed by atoms with Crippen LogP contribution in [0.25, 0.3) is 6.08 Å². The van der Waals surface area contributed by atoms with Gasteiger partial charge in [-0.3, -0.25) is 9.59 Å². The molecule has 0 heterocycles. The first-order valence-corrected chi connectivity index (χ1v) is 11.9. The number of rotatable bonds is 11. The van der Waals surface area contributed by atoms with E-state index in [1.54, 1.807) is 54.6 Å². The van der Waals surface area contributed by atoms with Crippen LogP contribution in [0.2, 0.25) is 5.02 Å². The molecule has 0 saturated heterocycles. The lowest BCUT2D eigenvalue weighted by Crippen LogP contribution is -2.36. The van der Waals surface area contributed by atoms with Crippen LogP contribution in [0.1, 0.15) is 21.5 Å². The van der Waals surface area contributed by atoms with Gasteiger partial charge in [0, 0.05) is 43.3 Å². The van der Waals surface area contributed by atoms with Gasteiger partial charge in [-0.25, -0.2) is 0 Å². The van der Waals surface area contributed by atoms with Gasteiger partial charge in [0.05, 0.1) is 13.2 Å². The monoisotopic (exact) mass is 507 g/mol. The second kappa shape index (κ2) is 13.3. The number of halogens is 1. The zero-order valence-corrected chi connectivity index (χ0v) is 21.1. The highest BCUT2D eigenvalue weighted by atomic mass is 35.5. The van der Waals surface area contributed by atoms with E-state index in [-0.39, 0.29) is 18.8 Å². The van der Waals surface area contributed by atoms with E-state index in [9.17, 15) is 9.59 Å². The maximum atomic E-state index is 12.8. The molecule has 3 N–H and O–H groups in total. The van der Waals surface area contributed by atoms with Gasteiger partial charge in [0.2, 0.25) is 0 Å². The summed E-state index contributed by atoms with van der Waals surface area (Å²) in [6.07, 6.45) is 2.30. The Morgan fingerprint density at radius 3 is 2.42 bits per heavy atom. The Morgan fingerprint density at radius 2 is 1.75 bits per heavy atom. The normalized spacial score (nSPS) is 11.1. The van der Waals surface area contributed by atoms with Crippen LogP contribution in [0, 0.1) is 0 Å². The highest BCUT2D eigenvalue weighted by Crippen LogP contribution is 2.17. The molecule has 3 aromatic carbocycles. The molecule has 0 bridgehead atoms. The third-order valence-electron chi connectivity index (χ3n) is 5.27. The van der Waals surface area contributed by atoms with Gasteiger partial charge < -0.3 is 25.4 Å². The van der Waals surface area contributed by atoms with Crippen molar-refractivity contribution in [2.24, 2.45) is 0 Å². The zero-order chi connectivity index (χ0) is 25.9. The van der Waals surface area contributed by atoms with Gasteiger partial charge in [-0.1, -0.05) is 35.9 Å². The van der Waals surface area contributed by atoms with Crippen LogP contribution in [0.15, 0.2) is 78.5 Å². The Kier molecular flexibility index (Phi) is 9.92. The summed E-state index contributed by atoms with van der Waals surface area (Å²) in [4.78, 5) is 27.4. The van der Waals surface area contributed by atoms with Gasteiger partial charge in [0.1, 0.15) is 11.4 Å². The van der Waals surface area contributed by atoms with Crippen LogP contribution in [0.5, 0.6) is 5.75 Å². The minimum absolute atomic E-state index is 0.0519. The first kappa shape index (κ1) is 26.8. The zero-order valence-electron chi connectivity index (χ0n) is 20.3. The summed E-state index contributed by atoms with van der Waals surface area (Å²) in [5.41, 5.74) is 3.43. The molecule has 0 atom stereocenters. The van der Waals surface area contributed by atoms with Gasteiger partial charge in [-0.05, 0) is 65.7 Å². The van der Waals surface area contributed by atoms with E-state index >= 15 is 0 Å². The van der Waals surface area contributed by atoms with Crippen molar-refractivity contribution in [3.05, 3.63) is 100 Å². The van der Waals surface area contributed by atoms with E-state index < -0.39 is 11.8 Å². The molecule has 7 nitrogen and oxygen atoms in total. The van der Waals surface area contributed by atoms with Gasteiger partial charge >= 0.3 is 0 Å². The van der Waals surface area contributed by atoms with Crippen molar-refractivity contribution in [1.82, 2.24) is 10.6 Å². The van der Waals surface area contributed by atoms with E-state index in [0.29, 0.717) is 28.5 Å². The summed E-state index contributed by atoms with van der Waals surface area (Å²) in [6, 6.07) is 21.8. The molecular weight excluding hydrogens is 478 g/mol. The third kappa shape index (κ3) is 8.15. The molecule has 8 heteroatoms. The number of hydrogen-bond donors (Lipinski definition) is 3. The molecule has 0 aliphatic heterocycles. The maximum absolute atomic E-state index is 12.8. The average molecular weight is 508 g/mol. The summed E-state index contributed by atoms with van der Waals surface area (Å²) in [5.74, 6) is -0.306. The fourth-order valence-corrected chi connectivity index (χ4v) is 3.45. The van der Waals surface area contributed by atoms with Crippen molar-refractivity contribution >= 4 is 35.2 Å². The summed E-state index contributed by atoms with van der Waals surface area (Å²) in [7, 11) is 4.01. The van der Waals surface area contributed by atoms with Gasteiger partial charge in [0.25, 0.3) is 11.8 Å². The number of hydrogen-bond acceptors (Lipinski definition) is 5. The molecule has 3 aromatic rings. The lowest BCUT2D eigenvalue weighted by Gasteiger charge is -2.14. The molecule has 0 unspecified atom stereocenters. The Balaban J connectivity index is 1.62. The number of aliphatic hydroxyl groups excluding tert-OH is 1. The van der Waals surface area contributed by atoms with Gasteiger partial charge in [0.15, 0.2) is 0 Å². The van der Waals surface area contributed by atoms with E-state index in [0.717, 1.165) is 12.1 Å². The van der Waals surface area contributed by atoms with Gasteiger partial charge in [-0.15, -0.1) is 0 Å². The highest BCUT2D eigenvalue weighted by molar-refractivity contribution is 6.30. The Morgan fingerprint density at radius 1 is 1.03 bits per heavy atom. The summed E-state index contributed by atoms with van der Waals surface area (Å²) < 4.78 is 5.84. The SMILES string of the molecule is CN(C)c1cccc(CCOc2ccc(C(=O)N/C(=C\c3ccc(Cl)cc3)C(=O)NCCO)cc2)c1. The van der Waals surface area contributed by atoms with Crippen molar-refractivity contribution in [2.75, 3.05) is 38.8 Å². The molecule has 0 aliphatic carbocycles. The fraction of sp³-hybridized carbons (Fsp3) is 0.214. The summed E-state index contributed by atoms with van der Waals surface area (Å²) >= 11 is 5.93. The lowest BCUT2D eigenvalue weighted by atomic mass is 10.1. The van der Waals surface area contributed by atoms with E-state index in [2.05, 4.69) is 33.7 Å². The molecular formula is C28H30ClN3O4. The molecule has 0 aliphatic rings. The molecule has 0 radical (unpaired) electrons. The smallest absolute Gasteiger partial charge is 0.267 e. The number of amides is 2. The number of anilines is 1. The number of carbonyl (C=O) groups is 2. The van der Waals surface area contributed by atoms with E-state index in [1.165, 1.54) is 5.56 Å². The topological polar surface area (TPSA) is 90.9 Å². The van der Waals surface area contributed by atoms with Crippen molar-refractivity contribution < 1.29 is 19.4 Å². The van der Waals surface area contributed by atoms with E-state index in [1.807, 2.05) is 20.2 Å². The van der Waals surface area contributed by atoms with Crippen molar-refractivity contribution in [2.45, 2.75) is 6.42 Å². The van der Waals surface area contributed by atoms with Crippen LogP contribution in [-0.4, -0.2) is 50.8 Å². The number of carbonyl (C=O) groups excluding carboxylic acids is 2. The first-order chi connectivity index (χ1) is 17.4. The number of benzene rings is 3. The quantitative estimate of drug-likeness (QED) is 0.342. The van der Waals surface area contributed by atoms with Crippen molar-refractivity contribution in [1.29, 1.82) is 0 Å². The minimum Gasteiger partial charge on any atom is -0.493 e. The first-order valence-electron chi connectivity index (χ1n) is 11.5. The standard InChI is InChI=1S/C28H30ClN3O4/c1-32(2)24-5-3-4-20(18-24)14-17-36-25-12-8-22(9-13-25)27(34)31-26(28(35)30-15-16-33)19-21-6-10-23(29)11-7-21/h3-13,18-19,33H,14-17H2,1-2H3,(H,30,35)(H,31,34)/b26-19-. The maximum Gasteiger partial charge on any atom is 0.267 e. The second-order valence-electron chi connectivity index (χ2n) is 8.23. The molecule has 0 aromatic heterocycles. The predicted octanol–water partition coefficient (Wildman–Crippen LogP) is 3.91. The number of nitrogens with zero attached hydrogens (tertiary/aromatic N) is 1. The molecule has 0 saturated carbocycles. The summed E-state index contributed by atoms with van der Waals surface area (Å²) in [6.45, 7) is 0.357. The molecule has 0 spiro atoms. The third-order valence-corrected chi connectivity index (χ3v) is 5.53. The largest absolute Gasteiger partial charge is 0.493 e. The van der Waals surface area contributed by atoms with Crippen LogP contribution in [-0.2, 0) is 11.2 Å². The Labute approximate surface area is 216 Å². The predicted molar refractivity (Wildman–Crippen MR) is 143 cm³/mol. The van der Waals surface area contributed by atoms with Crippen molar-refractivity contribution in [3.63, 3.8) is 0 Å². The number of ether oxygens (including phenoxy) is 1. The number of nitrogens with one attached hydrogen (secondary N) is 2. The average Bonchev–Trinajstić information content (AvgIpc) is 2.88. The van der Waals surface area contributed by atoms with E-state index in [4.69, 9.17) is 21.4 Å². The fourth-order valence-electron chi connectivity index (χ4n) is 3.32. The van der Waals surface area contributed by atoms with Crippen LogP contribution in [0.3, 0.4) is 0 Å². The lowest BCUT2D eigenvalue weighted by molar-refractivity contribution is -0.117. The summed E-state index contributed by atoms with van der Waals surface area (Å²) in [5, 5.41) is 14.8. The van der Waals surface area contributed by atoms with Crippen LogP contribution in [0.4, 0.5) is 5.69 Å². The van der Waals surface area contributed by atoms with Crippen molar-refractivity contribution in [3.8, 4) is 5.75 Å². The molecule has 36 heavy (non-hydrogen) atoms. The minimum atomic E-state index is -0.509. The Hall–Kier alpha value is -3.81. The molecule has 2 amide bonds. The van der Waals surface area contributed by atoms with Crippen LogP contribution < -0.4 is 20.3 Å².